The average molecular weight is 485 g/mol. The van der Waals surface area contributed by atoms with E-state index in [-0.39, 0.29) is 17.5 Å². The minimum Gasteiger partial charge on any atom is -0.348 e. The Morgan fingerprint density at radius 3 is 2.18 bits per heavy atom. The van der Waals surface area contributed by atoms with Crippen LogP contribution in [0.4, 0.5) is 5.69 Å². The Hall–Kier alpha value is -2.83. The van der Waals surface area contributed by atoms with Crippen molar-refractivity contribution in [3.8, 4) is 0 Å². The molecule has 0 aliphatic carbocycles. The van der Waals surface area contributed by atoms with E-state index < -0.39 is 15.9 Å². The smallest absolute Gasteiger partial charge is 0.264 e. The molecule has 0 bridgehead atoms. The quantitative estimate of drug-likeness (QED) is 0.471. The number of benzene rings is 3. The molecule has 3 rings (SSSR count). The predicted molar refractivity (Wildman–Crippen MR) is 134 cm³/mol. The summed E-state index contributed by atoms with van der Waals surface area (Å²) in [5.74, 6) is -0.395. The first-order valence-electron chi connectivity index (χ1n) is 10.7. The van der Waals surface area contributed by atoms with Crippen LogP contribution in [0.15, 0.2) is 65.6 Å². The Bertz CT molecular complexity index is 1270. The number of nitrogens with zero attached hydrogens (tertiary/aromatic N) is 1. The molecule has 174 valence electrons. The second kappa shape index (κ2) is 9.98. The average Bonchev–Trinajstić information content (AvgIpc) is 2.74. The second-order valence-electron chi connectivity index (χ2n) is 8.40. The van der Waals surface area contributed by atoms with Gasteiger partial charge in [0, 0.05) is 5.02 Å². The van der Waals surface area contributed by atoms with Crippen LogP contribution in [0.2, 0.25) is 5.02 Å². The van der Waals surface area contributed by atoms with Crippen molar-refractivity contribution in [3.63, 3.8) is 0 Å². The van der Waals surface area contributed by atoms with E-state index in [4.69, 9.17) is 11.6 Å². The fourth-order valence-electron chi connectivity index (χ4n) is 3.76. The minimum atomic E-state index is -3.99. The van der Waals surface area contributed by atoms with Gasteiger partial charge in [-0.1, -0.05) is 53.1 Å². The molecule has 0 aliphatic heterocycles. The molecule has 1 amide bonds. The van der Waals surface area contributed by atoms with Gasteiger partial charge in [0.05, 0.1) is 16.6 Å². The van der Waals surface area contributed by atoms with Crippen molar-refractivity contribution in [2.75, 3.05) is 10.8 Å². The number of hydrogen-bond donors (Lipinski definition) is 1. The van der Waals surface area contributed by atoms with Gasteiger partial charge in [-0.2, -0.15) is 0 Å². The topological polar surface area (TPSA) is 66.5 Å². The second-order valence-corrected chi connectivity index (χ2v) is 10.7. The maximum Gasteiger partial charge on any atom is 0.264 e. The zero-order chi connectivity index (χ0) is 24.3. The number of aryl methyl sites for hydroxylation is 4. The van der Waals surface area contributed by atoms with Crippen LogP contribution >= 0.6 is 11.6 Å². The van der Waals surface area contributed by atoms with Gasteiger partial charge in [0.1, 0.15) is 6.54 Å². The molecule has 0 aliphatic rings. The van der Waals surface area contributed by atoms with Crippen molar-refractivity contribution < 1.29 is 13.2 Å². The van der Waals surface area contributed by atoms with E-state index in [9.17, 15) is 13.2 Å². The number of anilines is 1. The maximum absolute atomic E-state index is 13.6. The van der Waals surface area contributed by atoms with Crippen LogP contribution < -0.4 is 9.62 Å². The van der Waals surface area contributed by atoms with E-state index in [0.717, 1.165) is 26.6 Å². The first-order valence-corrected chi connectivity index (χ1v) is 12.5. The van der Waals surface area contributed by atoms with E-state index in [1.165, 1.54) is 0 Å². The standard InChI is InChI=1S/C26H29ClN2O3S/c1-17-7-11-23(12-8-17)33(31,32)29(25-13-10-22(27)15-20(25)4)16-26(30)28-21(5)24-14-18(2)6-9-19(24)3/h6-15,21H,16H2,1-5H3,(H,28,30). The zero-order valence-electron chi connectivity index (χ0n) is 19.5. The van der Waals surface area contributed by atoms with Gasteiger partial charge >= 0.3 is 0 Å². The van der Waals surface area contributed by atoms with Gasteiger partial charge in [0.15, 0.2) is 0 Å². The third-order valence-electron chi connectivity index (χ3n) is 5.60. The molecule has 1 unspecified atom stereocenters. The number of hydrogen-bond acceptors (Lipinski definition) is 3. The number of amides is 1. The van der Waals surface area contributed by atoms with Gasteiger partial charge in [-0.3, -0.25) is 9.10 Å². The fraction of sp³-hybridized carbons (Fsp3) is 0.269. The summed E-state index contributed by atoms with van der Waals surface area (Å²) < 4.78 is 28.3. The molecule has 0 fully saturated rings. The molecule has 3 aromatic carbocycles. The summed E-state index contributed by atoms with van der Waals surface area (Å²) >= 11 is 6.09. The van der Waals surface area contributed by atoms with E-state index in [0.29, 0.717) is 16.3 Å². The molecule has 1 atom stereocenters. The number of nitrogens with one attached hydrogen (secondary N) is 1. The van der Waals surface area contributed by atoms with Gasteiger partial charge in [0.2, 0.25) is 5.91 Å². The summed E-state index contributed by atoms with van der Waals surface area (Å²) in [6.07, 6.45) is 0. The largest absolute Gasteiger partial charge is 0.348 e. The van der Waals surface area contributed by atoms with Crippen LogP contribution in [0.25, 0.3) is 0 Å². The normalized spacial score (nSPS) is 12.3. The van der Waals surface area contributed by atoms with Crippen LogP contribution in [-0.4, -0.2) is 20.9 Å². The van der Waals surface area contributed by atoms with Crippen LogP contribution in [0, 0.1) is 27.7 Å². The Morgan fingerprint density at radius 1 is 0.909 bits per heavy atom. The lowest BCUT2D eigenvalue weighted by Crippen LogP contribution is -2.42. The highest BCUT2D eigenvalue weighted by Gasteiger charge is 2.29. The Balaban J connectivity index is 1.95. The van der Waals surface area contributed by atoms with Crippen LogP contribution in [0.5, 0.6) is 0 Å². The third kappa shape index (κ3) is 5.75. The highest BCUT2D eigenvalue weighted by molar-refractivity contribution is 7.92. The lowest BCUT2D eigenvalue weighted by Gasteiger charge is -2.27. The molecule has 0 heterocycles. The van der Waals surface area contributed by atoms with Crippen molar-refractivity contribution in [3.05, 3.63) is 93.5 Å². The number of carbonyl (C=O) groups excluding carboxylic acids is 1. The van der Waals surface area contributed by atoms with Crippen molar-refractivity contribution in [2.45, 2.75) is 45.6 Å². The molecule has 5 nitrogen and oxygen atoms in total. The summed E-state index contributed by atoms with van der Waals surface area (Å²) in [6.45, 7) is 9.19. The van der Waals surface area contributed by atoms with Gasteiger partial charge < -0.3 is 5.32 Å². The Morgan fingerprint density at radius 2 is 1.55 bits per heavy atom. The van der Waals surface area contributed by atoms with Gasteiger partial charge in [-0.05, 0) is 81.6 Å². The minimum absolute atomic E-state index is 0.123. The molecule has 0 aromatic heterocycles. The molecule has 7 heteroatoms. The highest BCUT2D eigenvalue weighted by atomic mass is 35.5. The summed E-state index contributed by atoms with van der Waals surface area (Å²) in [5.41, 5.74) is 5.17. The molecular formula is C26H29ClN2O3S. The van der Waals surface area contributed by atoms with Crippen molar-refractivity contribution in [1.82, 2.24) is 5.32 Å². The Kier molecular flexibility index (Phi) is 7.50. The third-order valence-corrected chi connectivity index (χ3v) is 7.61. The molecule has 0 spiro atoms. The van der Waals surface area contributed by atoms with E-state index in [1.54, 1.807) is 49.4 Å². The molecule has 0 saturated carbocycles. The molecule has 0 saturated heterocycles. The van der Waals surface area contributed by atoms with E-state index in [1.807, 2.05) is 45.9 Å². The van der Waals surface area contributed by atoms with Crippen LogP contribution in [0.3, 0.4) is 0 Å². The summed E-state index contributed by atoms with van der Waals surface area (Å²) in [4.78, 5) is 13.2. The summed E-state index contributed by atoms with van der Waals surface area (Å²) in [5, 5.41) is 3.45. The molecular weight excluding hydrogens is 456 g/mol. The van der Waals surface area contributed by atoms with Crippen molar-refractivity contribution in [1.29, 1.82) is 0 Å². The predicted octanol–water partition coefficient (Wildman–Crippen LogP) is 5.65. The lowest BCUT2D eigenvalue weighted by molar-refractivity contribution is -0.120. The summed E-state index contributed by atoms with van der Waals surface area (Å²) in [6, 6.07) is 17.3. The number of halogens is 1. The monoisotopic (exact) mass is 484 g/mol. The SMILES string of the molecule is Cc1ccc(S(=O)(=O)N(CC(=O)NC(C)c2cc(C)ccc2C)c2ccc(Cl)cc2C)cc1. The molecule has 33 heavy (non-hydrogen) atoms. The maximum atomic E-state index is 13.6. The van der Waals surface area contributed by atoms with Gasteiger partial charge in [0.25, 0.3) is 10.0 Å². The number of carbonyl (C=O) groups is 1. The fourth-order valence-corrected chi connectivity index (χ4v) is 5.47. The highest BCUT2D eigenvalue weighted by Crippen LogP contribution is 2.29. The molecule has 3 aromatic rings. The molecule has 0 radical (unpaired) electrons. The van der Waals surface area contributed by atoms with Crippen molar-refractivity contribution >= 4 is 33.2 Å². The lowest BCUT2D eigenvalue weighted by atomic mass is 10.00. The van der Waals surface area contributed by atoms with Crippen LogP contribution in [0.1, 0.15) is 40.8 Å². The molecule has 1 N–H and O–H groups in total. The van der Waals surface area contributed by atoms with Crippen molar-refractivity contribution in [2.24, 2.45) is 0 Å². The van der Waals surface area contributed by atoms with Crippen LogP contribution in [-0.2, 0) is 14.8 Å². The number of rotatable bonds is 7. The first kappa shape index (κ1) is 24.8. The van der Waals surface area contributed by atoms with Gasteiger partial charge in [-0.15, -0.1) is 0 Å². The summed E-state index contributed by atoms with van der Waals surface area (Å²) in [7, 11) is -3.99. The first-order chi connectivity index (χ1) is 15.5. The zero-order valence-corrected chi connectivity index (χ0v) is 21.1. The Labute approximate surface area is 201 Å². The van der Waals surface area contributed by atoms with Gasteiger partial charge in [-0.25, -0.2) is 8.42 Å². The van der Waals surface area contributed by atoms with E-state index >= 15 is 0 Å². The van der Waals surface area contributed by atoms with E-state index in [2.05, 4.69) is 5.32 Å². The number of sulfonamides is 1.